The molecule has 0 bridgehead atoms. The SMILES string of the molecule is CC(C)N(CCCO)C(=O)[C@H]1Cc2ccccc2CN1. The van der Waals surface area contributed by atoms with Crippen molar-refractivity contribution in [2.45, 2.75) is 45.3 Å². The van der Waals surface area contributed by atoms with Crippen molar-refractivity contribution in [3.63, 3.8) is 0 Å². The Morgan fingerprint density at radius 2 is 2.10 bits per heavy atom. The van der Waals surface area contributed by atoms with Crippen LogP contribution in [0.25, 0.3) is 0 Å². The number of hydrogen-bond acceptors (Lipinski definition) is 3. The van der Waals surface area contributed by atoms with Crippen molar-refractivity contribution in [1.29, 1.82) is 0 Å². The minimum Gasteiger partial charge on any atom is -0.396 e. The summed E-state index contributed by atoms with van der Waals surface area (Å²) in [5.74, 6) is 0.142. The summed E-state index contributed by atoms with van der Waals surface area (Å²) in [6, 6.07) is 8.28. The summed E-state index contributed by atoms with van der Waals surface area (Å²) in [5.41, 5.74) is 2.54. The van der Waals surface area contributed by atoms with E-state index in [-0.39, 0.29) is 24.6 Å². The van der Waals surface area contributed by atoms with Crippen molar-refractivity contribution in [2.75, 3.05) is 13.2 Å². The van der Waals surface area contributed by atoms with Gasteiger partial charge in [-0.25, -0.2) is 0 Å². The van der Waals surface area contributed by atoms with Crippen LogP contribution in [0.4, 0.5) is 0 Å². The summed E-state index contributed by atoms with van der Waals surface area (Å²) >= 11 is 0. The number of aliphatic hydroxyl groups is 1. The van der Waals surface area contributed by atoms with E-state index in [1.54, 1.807) is 0 Å². The highest BCUT2D eigenvalue weighted by molar-refractivity contribution is 5.82. The third-order valence-electron chi connectivity index (χ3n) is 3.84. The predicted molar refractivity (Wildman–Crippen MR) is 79.3 cm³/mol. The van der Waals surface area contributed by atoms with Crippen molar-refractivity contribution in [1.82, 2.24) is 10.2 Å². The molecule has 1 amide bonds. The first-order chi connectivity index (χ1) is 9.63. The predicted octanol–water partition coefficient (Wildman–Crippen LogP) is 1.32. The second-order valence-electron chi connectivity index (χ2n) is 5.61. The minimum atomic E-state index is -0.147. The van der Waals surface area contributed by atoms with Crippen LogP contribution < -0.4 is 5.32 Å². The highest BCUT2D eigenvalue weighted by atomic mass is 16.3. The number of amides is 1. The number of carbonyl (C=O) groups is 1. The molecule has 0 saturated heterocycles. The Morgan fingerprint density at radius 1 is 1.40 bits per heavy atom. The second kappa shape index (κ2) is 6.86. The van der Waals surface area contributed by atoms with Crippen molar-refractivity contribution < 1.29 is 9.90 Å². The summed E-state index contributed by atoms with van der Waals surface area (Å²) in [4.78, 5) is 14.5. The number of carbonyl (C=O) groups excluding carboxylic acids is 1. The van der Waals surface area contributed by atoms with Gasteiger partial charge in [-0.05, 0) is 37.8 Å². The van der Waals surface area contributed by atoms with Crippen molar-refractivity contribution in [3.05, 3.63) is 35.4 Å². The van der Waals surface area contributed by atoms with Gasteiger partial charge in [0.2, 0.25) is 5.91 Å². The summed E-state index contributed by atoms with van der Waals surface area (Å²) in [5, 5.41) is 12.3. The number of nitrogens with one attached hydrogen (secondary N) is 1. The van der Waals surface area contributed by atoms with E-state index in [4.69, 9.17) is 5.11 Å². The Hall–Kier alpha value is -1.39. The molecule has 0 aromatic heterocycles. The third-order valence-corrected chi connectivity index (χ3v) is 3.84. The molecule has 0 aliphatic carbocycles. The van der Waals surface area contributed by atoms with Gasteiger partial charge in [-0.3, -0.25) is 4.79 Å². The maximum Gasteiger partial charge on any atom is 0.240 e. The molecule has 2 N–H and O–H groups in total. The Labute approximate surface area is 120 Å². The number of hydrogen-bond donors (Lipinski definition) is 2. The summed E-state index contributed by atoms with van der Waals surface area (Å²) in [6.07, 6.45) is 1.38. The molecule has 0 unspecified atom stereocenters. The average Bonchev–Trinajstić information content (AvgIpc) is 2.46. The van der Waals surface area contributed by atoms with Crippen LogP contribution in [-0.4, -0.2) is 41.1 Å². The van der Waals surface area contributed by atoms with Gasteiger partial charge in [0.15, 0.2) is 0 Å². The van der Waals surface area contributed by atoms with Crippen LogP contribution in [0.5, 0.6) is 0 Å². The molecule has 1 atom stereocenters. The van der Waals surface area contributed by atoms with Crippen LogP contribution in [0, 0.1) is 0 Å². The molecular formula is C16H24N2O2. The number of fused-ring (bicyclic) bond motifs is 1. The lowest BCUT2D eigenvalue weighted by Crippen LogP contribution is -2.51. The third kappa shape index (κ3) is 3.38. The van der Waals surface area contributed by atoms with Crippen molar-refractivity contribution in [2.24, 2.45) is 0 Å². The Kier molecular flexibility index (Phi) is 5.15. The fraction of sp³-hybridized carbons (Fsp3) is 0.562. The molecule has 0 spiro atoms. The molecule has 1 heterocycles. The van der Waals surface area contributed by atoms with Crippen molar-refractivity contribution >= 4 is 5.91 Å². The maximum absolute atomic E-state index is 12.6. The van der Waals surface area contributed by atoms with E-state index in [2.05, 4.69) is 17.4 Å². The molecule has 2 rings (SSSR count). The molecular weight excluding hydrogens is 252 g/mol. The van der Waals surface area contributed by atoms with E-state index in [0.29, 0.717) is 13.0 Å². The van der Waals surface area contributed by atoms with Gasteiger partial charge in [0, 0.05) is 25.7 Å². The Morgan fingerprint density at radius 3 is 2.75 bits per heavy atom. The van der Waals surface area contributed by atoms with E-state index in [1.165, 1.54) is 11.1 Å². The van der Waals surface area contributed by atoms with Gasteiger partial charge in [-0.1, -0.05) is 24.3 Å². The zero-order valence-corrected chi connectivity index (χ0v) is 12.3. The molecule has 0 radical (unpaired) electrons. The van der Waals surface area contributed by atoms with Gasteiger partial charge in [0.1, 0.15) is 0 Å². The Bertz CT molecular complexity index is 460. The Balaban J connectivity index is 2.06. The van der Waals surface area contributed by atoms with Crippen LogP contribution in [0.15, 0.2) is 24.3 Å². The molecule has 0 fully saturated rings. The molecule has 1 aliphatic rings. The summed E-state index contributed by atoms with van der Waals surface area (Å²) < 4.78 is 0. The topological polar surface area (TPSA) is 52.6 Å². The highest BCUT2D eigenvalue weighted by Gasteiger charge is 2.28. The molecule has 0 saturated carbocycles. The van der Waals surface area contributed by atoms with Crippen LogP contribution in [0.2, 0.25) is 0 Å². The van der Waals surface area contributed by atoms with Crippen LogP contribution in [0.3, 0.4) is 0 Å². The first kappa shape index (κ1) is 15.0. The van der Waals surface area contributed by atoms with E-state index in [9.17, 15) is 4.79 Å². The fourth-order valence-electron chi connectivity index (χ4n) is 2.69. The number of nitrogens with zero attached hydrogens (tertiary/aromatic N) is 1. The van der Waals surface area contributed by atoms with E-state index >= 15 is 0 Å². The molecule has 1 aromatic carbocycles. The number of benzene rings is 1. The highest BCUT2D eigenvalue weighted by Crippen LogP contribution is 2.18. The van der Waals surface area contributed by atoms with Crippen LogP contribution in [-0.2, 0) is 17.8 Å². The average molecular weight is 276 g/mol. The summed E-state index contributed by atoms with van der Waals surface area (Å²) in [6.45, 7) is 5.53. The van der Waals surface area contributed by atoms with E-state index in [0.717, 1.165) is 13.0 Å². The van der Waals surface area contributed by atoms with E-state index in [1.807, 2.05) is 30.9 Å². The zero-order chi connectivity index (χ0) is 14.5. The number of aliphatic hydroxyl groups excluding tert-OH is 1. The maximum atomic E-state index is 12.6. The summed E-state index contributed by atoms with van der Waals surface area (Å²) in [7, 11) is 0. The van der Waals surface area contributed by atoms with Crippen molar-refractivity contribution in [3.8, 4) is 0 Å². The molecule has 4 heteroatoms. The smallest absolute Gasteiger partial charge is 0.240 e. The second-order valence-corrected chi connectivity index (χ2v) is 5.61. The monoisotopic (exact) mass is 276 g/mol. The first-order valence-corrected chi connectivity index (χ1v) is 7.35. The van der Waals surface area contributed by atoms with Crippen LogP contribution >= 0.6 is 0 Å². The molecule has 110 valence electrons. The lowest BCUT2D eigenvalue weighted by Gasteiger charge is -2.33. The van der Waals surface area contributed by atoms with E-state index < -0.39 is 0 Å². The fourth-order valence-corrected chi connectivity index (χ4v) is 2.69. The molecule has 20 heavy (non-hydrogen) atoms. The largest absolute Gasteiger partial charge is 0.396 e. The quantitative estimate of drug-likeness (QED) is 0.853. The minimum absolute atomic E-state index is 0.122. The molecule has 1 aliphatic heterocycles. The lowest BCUT2D eigenvalue weighted by molar-refractivity contribution is -0.135. The van der Waals surface area contributed by atoms with Gasteiger partial charge in [-0.2, -0.15) is 0 Å². The van der Waals surface area contributed by atoms with Gasteiger partial charge >= 0.3 is 0 Å². The van der Waals surface area contributed by atoms with Gasteiger partial charge < -0.3 is 15.3 Å². The zero-order valence-electron chi connectivity index (χ0n) is 12.3. The number of rotatable bonds is 5. The van der Waals surface area contributed by atoms with Gasteiger partial charge in [-0.15, -0.1) is 0 Å². The standard InChI is InChI=1S/C16H24N2O2/c1-12(2)18(8-5-9-19)16(20)15-10-13-6-3-4-7-14(13)11-17-15/h3-4,6-7,12,15,17,19H,5,8-11H2,1-2H3/t15-/m1/s1. The molecule has 4 nitrogen and oxygen atoms in total. The first-order valence-electron chi connectivity index (χ1n) is 7.35. The molecule has 1 aromatic rings. The van der Waals surface area contributed by atoms with Crippen LogP contribution in [0.1, 0.15) is 31.4 Å². The lowest BCUT2D eigenvalue weighted by atomic mass is 9.95. The normalized spacial score (nSPS) is 17.9. The van der Waals surface area contributed by atoms with Gasteiger partial charge in [0.05, 0.1) is 6.04 Å². The van der Waals surface area contributed by atoms with Gasteiger partial charge in [0.25, 0.3) is 0 Å².